The second-order valence-electron chi connectivity index (χ2n) is 13.2. The second-order valence-corrected chi connectivity index (χ2v) is 14.3. The predicted molar refractivity (Wildman–Crippen MR) is 198 cm³/mol. The lowest BCUT2D eigenvalue weighted by Crippen LogP contribution is -2.49. The summed E-state index contributed by atoms with van der Waals surface area (Å²) in [6.45, 7) is 6.83. The summed E-state index contributed by atoms with van der Waals surface area (Å²) < 4.78 is 18.5. The third-order valence-corrected chi connectivity index (χ3v) is 11.3. The maximum Gasteiger partial charge on any atom is 0.245 e. The van der Waals surface area contributed by atoms with Crippen LogP contribution in [0.15, 0.2) is 53.3 Å². The summed E-state index contributed by atoms with van der Waals surface area (Å²) in [7, 11) is 4.71. The number of aryl methyl sites for hydroxylation is 1. The van der Waals surface area contributed by atoms with E-state index in [9.17, 15) is 14.4 Å². The van der Waals surface area contributed by atoms with Crippen molar-refractivity contribution in [1.82, 2.24) is 15.2 Å². The molecule has 4 atom stereocenters. The number of anilines is 1. The molecule has 6 rings (SSSR count). The SMILES string of the molecule is CC[C@@H](C)[C@H](Nc1ccc2c(cc1=O)[C@@H](NC(C)=O)CCc1cc(OC)c(OC)c(OC)c1-2)C(=O)N1CCCC(c2nc3ccccc3s2)C1. The molecule has 0 saturated carbocycles. The molecule has 4 aromatic rings. The Balaban J connectivity index is 1.37. The van der Waals surface area contributed by atoms with E-state index in [2.05, 4.69) is 23.6 Å². The van der Waals surface area contributed by atoms with Gasteiger partial charge in [0.25, 0.3) is 0 Å². The number of thiazole rings is 1. The van der Waals surface area contributed by atoms with Gasteiger partial charge in [-0.05, 0) is 78.6 Å². The Morgan fingerprint density at radius 2 is 1.82 bits per heavy atom. The van der Waals surface area contributed by atoms with E-state index < -0.39 is 12.1 Å². The highest BCUT2D eigenvalue weighted by Gasteiger charge is 2.34. The van der Waals surface area contributed by atoms with Crippen LogP contribution in [0, 0.1) is 5.92 Å². The maximum atomic E-state index is 14.3. The quantitative estimate of drug-likeness (QED) is 0.188. The van der Waals surface area contributed by atoms with Crippen LogP contribution >= 0.6 is 11.3 Å². The van der Waals surface area contributed by atoms with Crippen molar-refractivity contribution in [2.75, 3.05) is 39.7 Å². The Bertz CT molecular complexity index is 1930. The van der Waals surface area contributed by atoms with Gasteiger partial charge in [-0.15, -0.1) is 11.3 Å². The van der Waals surface area contributed by atoms with E-state index in [4.69, 9.17) is 19.2 Å². The molecule has 3 aromatic carbocycles. The summed E-state index contributed by atoms with van der Waals surface area (Å²) >= 11 is 1.70. The highest BCUT2D eigenvalue weighted by molar-refractivity contribution is 7.18. The fourth-order valence-corrected chi connectivity index (χ4v) is 8.41. The van der Waals surface area contributed by atoms with Crippen molar-refractivity contribution >= 4 is 39.1 Å². The number of carbonyl (C=O) groups is 2. The van der Waals surface area contributed by atoms with Crippen molar-refractivity contribution in [2.24, 2.45) is 5.92 Å². The molecule has 2 heterocycles. The summed E-state index contributed by atoms with van der Waals surface area (Å²) in [5.41, 5.74) is 4.17. The number of carbonyl (C=O) groups excluding carboxylic acids is 2. The van der Waals surface area contributed by atoms with Crippen LogP contribution in [0.25, 0.3) is 21.3 Å². The summed E-state index contributed by atoms with van der Waals surface area (Å²) in [5.74, 6) is 1.38. The van der Waals surface area contributed by atoms with Crippen LogP contribution in [0.2, 0.25) is 0 Å². The lowest BCUT2D eigenvalue weighted by Gasteiger charge is -2.36. The fraction of sp³-hybridized carbons (Fsp3) is 0.436. The fourth-order valence-electron chi connectivity index (χ4n) is 7.32. The molecular formula is C39H46N4O6S. The Kier molecular flexibility index (Phi) is 10.6. The predicted octanol–water partition coefficient (Wildman–Crippen LogP) is 6.71. The number of amides is 2. The van der Waals surface area contributed by atoms with Crippen LogP contribution in [0.3, 0.4) is 0 Å². The molecule has 1 aromatic heterocycles. The molecule has 0 radical (unpaired) electrons. The standard InChI is InChI=1S/C39H46N4O6S/c1-7-22(2)35(39(46)43-18-10-11-25(21-43)38-42-30-12-8-9-13-33(30)50-38)41-29-17-15-26-27(20-31(29)45)28(40-23(3)44)16-14-24-19-32(47-4)36(48-5)37(49-6)34(24)26/h8-9,12-13,15,17,19-20,22,25,28,35H,7,10-11,14,16,18,21H2,1-6H3,(H,40,44)(H,41,45)/t22-,25?,28+,35+/m1/s1. The van der Waals surface area contributed by atoms with Gasteiger partial charge in [0.15, 0.2) is 11.5 Å². The molecule has 50 heavy (non-hydrogen) atoms. The number of piperidine rings is 1. The molecular weight excluding hydrogens is 653 g/mol. The maximum absolute atomic E-state index is 14.3. The van der Waals surface area contributed by atoms with Crippen LogP contribution in [0.1, 0.15) is 74.5 Å². The molecule has 1 fully saturated rings. The number of fused-ring (bicyclic) bond motifs is 4. The van der Waals surface area contributed by atoms with Crippen LogP contribution in [0.4, 0.5) is 5.69 Å². The monoisotopic (exact) mass is 698 g/mol. The second kappa shape index (κ2) is 15.1. The van der Waals surface area contributed by atoms with E-state index >= 15 is 0 Å². The highest BCUT2D eigenvalue weighted by Crippen LogP contribution is 2.50. The molecule has 1 unspecified atom stereocenters. The molecule has 10 nitrogen and oxygen atoms in total. The highest BCUT2D eigenvalue weighted by atomic mass is 32.1. The number of hydrogen-bond acceptors (Lipinski definition) is 9. The van der Waals surface area contributed by atoms with Crippen molar-refractivity contribution in [3.63, 3.8) is 0 Å². The molecule has 1 aliphatic heterocycles. The zero-order valence-electron chi connectivity index (χ0n) is 29.6. The molecule has 1 saturated heterocycles. The van der Waals surface area contributed by atoms with E-state index in [1.807, 2.05) is 42.2 Å². The van der Waals surface area contributed by atoms with Gasteiger partial charge in [-0.2, -0.15) is 0 Å². The van der Waals surface area contributed by atoms with Gasteiger partial charge in [0.1, 0.15) is 6.04 Å². The number of aromatic nitrogens is 1. The van der Waals surface area contributed by atoms with Crippen LogP contribution in [-0.4, -0.2) is 62.2 Å². The molecule has 11 heteroatoms. The number of likely N-dealkylation sites (tertiary alicyclic amines) is 1. The van der Waals surface area contributed by atoms with Gasteiger partial charge in [0, 0.05) is 31.5 Å². The van der Waals surface area contributed by atoms with Crippen molar-refractivity contribution in [1.29, 1.82) is 0 Å². The molecule has 2 N–H and O–H groups in total. The Morgan fingerprint density at radius 3 is 2.52 bits per heavy atom. The van der Waals surface area contributed by atoms with Gasteiger partial charge in [0.2, 0.25) is 23.0 Å². The van der Waals surface area contributed by atoms with Crippen LogP contribution in [0.5, 0.6) is 17.2 Å². The first kappa shape index (κ1) is 35.2. The largest absolute Gasteiger partial charge is 0.493 e. The lowest BCUT2D eigenvalue weighted by atomic mass is 9.94. The molecule has 0 spiro atoms. The minimum Gasteiger partial charge on any atom is -0.493 e. The zero-order valence-corrected chi connectivity index (χ0v) is 30.4. The summed E-state index contributed by atoms with van der Waals surface area (Å²) in [4.78, 5) is 47.7. The minimum atomic E-state index is -0.610. The van der Waals surface area contributed by atoms with E-state index in [1.54, 1.807) is 44.8 Å². The summed E-state index contributed by atoms with van der Waals surface area (Å²) in [5, 5.41) is 7.52. The van der Waals surface area contributed by atoms with Crippen LogP contribution in [-0.2, 0) is 16.0 Å². The number of para-hydroxylation sites is 1. The Morgan fingerprint density at radius 1 is 1.04 bits per heavy atom. The average Bonchev–Trinajstić information content (AvgIpc) is 3.44. The number of methoxy groups -OCH3 is 3. The van der Waals surface area contributed by atoms with Gasteiger partial charge in [-0.25, -0.2) is 4.98 Å². The summed E-state index contributed by atoms with van der Waals surface area (Å²) in [6, 6.07) is 14.3. The first-order chi connectivity index (χ1) is 24.2. The van der Waals surface area contributed by atoms with E-state index in [0.29, 0.717) is 54.4 Å². The van der Waals surface area contributed by atoms with Gasteiger partial charge >= 0.3 is 0 Å². The third-order valence-electron chi connectivity index (χ3n) is 10.1. The van der Waals surface area contributed by atoms with E-state index in [0.717, 1.165) is 51.2 Å². The normalized spacial score (nSPS) is 18.2. The molecule has 2 aliphatic rings. The molecule has 2 amide bonds. The van der Waals surface area contributed by atoms with Gasteiger partial charge < -0.3 is 29.7 Å². The van der Waals surface area contributed by atoms with Crippen LogP contribution < -0.4 is 30.3 Å². The van der Waals surface area contributed by atoms with Gasteiger partial charge in [-0.3, -0.25) is 14.4 Å². The van der Waals surface area contributed by atoms with Gasteiger partial charge in [-0.1, -0.05) is 38.5 Å². The topological polar surface area (TPSA) is 119 Å². The smallest absolute Gasteiger partial charge is 0.245 e. The van der Waals surface area contributed by atoms with E-state index in [-0.39, 0.29) is 29.1 Å². The number of benzene rings is 2. The van der Waals surface area contributed by atoms with Crippen molar-refractivity contribution in [2.45, 2.75) is 70.9 Å². The summed E-state index contributed by atoms with van der Waals surface area (Å²) in [6.07, 6.45) is 3.78. The first-order valence-corrected chi connectivity index (χ1v) is 18.2. The molecule has 264 valence electrons. The first-order valence-electron chi connectivity index (χ1n) is 17.4. The van der Waals surface area contributed by atoms with E-state index in [1.165, 1.54) is 6.92 Å². The molecule has 0 bridgehead atoms. The number of rotatable bonds is 10. The minimum absolute atomic E-state index is 0.0161. The van der Waals surface area contributed by atoms with Crippen molar-refractivity contribution < 1.29 is 23.8 Å². The average molecular weight is 699 g/mol. The lowest BCUT2D eigenvalue weighted by molar-refractivity contribution is -0.134. The number of nitrogens with one attached hydrogen (secondary N) is 2. The number of hydrogen-bond donors (Lipinski definition) is 2. The molecule has 1 aliphatic carbocycles. The van der Waals surface area contributed by atoms with Crippen molar-refractivity contribution in [3.8, 4) is 28.4 Å². The third kappa shape index (κ3) is 6.88. The van der Waals surface area contributed by atoms with Gasteiger partial charge in [0.05, 0.1) is 48.3 Å². The Labute approximate surface area is 297 Å². The van der Waals surface area contributed by atoms with Crippen molar-refractivity contribution in [3.05, 3.63) is 74.9 Å². The number of ether oxygens (including phenoxy) is 3. The number of nitrogens with zero attached hydrogens (tertiary/aromatic N) is 2. The Hall–Kier alpha value is -4.64. The zero-order chi connectivity index (χ0) is 35.5.